The molecule has 0 saturated heterocycles. The van der Waals surface area contributed by atoms with Crippen LogP contribution < -0.4 is 5.32 Å². The summed E-state index contributed by atoms with van der Waals surface area (Å²) in [6, 6.07) is -0.279. The number of hydrogen-bond donors (Lipinski definition) is 2. The third-order valence-corrected chi connectivity index (χ3v) is 2.27. The molecule has 2 unspecified atom stereocenters. The van der Waals surface area contributed by atoms with Crippen molar-refractivity contribution in [3.63, 3.8) is 0 Å². The average Bonchev–Trinajstić information content (AvgIpc) is 2.77. The lowest BCUT2D eigenvalue weighted by atomic mass is 10.2. The molecule has 0 fully saturated rings. The van der Waals surface area contributed by atoms with E-state index in [1.165, 1.54) is 7.11 Å². The highest BCUT2D eigenvalue weighted by molar-refractivity contribution is 5.75. The minimum atomic E-state index is -0.282. The Labute approximate surface area is 89.2 Å². The van der Waals surface area contributed by atoms with Gasteiger partial charge in [-0.15, -0.1) is 0 Å². The number of imidazole rings is 1. The molecule has 1 rings (SSSR count). The maximum Gasteiger partial charge on any atom is 0.322 e. The van der Waals surface area contributed by atoms with E-state index in [1.54, 1.807) is 12.4 Å². The van der Waals surface area contributed by atoms with Gasteiger partial charge in [0.2, 0.25) is 0 Å². The molecule has 2 atom stereocenters. The Hall–Kier alpha value is -1.36. The Morgan fingerprint density at radius 3 is 2.93 bits per heavy atom. The van der Waals surface area contributed by atoms with Crippen LogP contribution in [0.3, 0.4) is 0 Å². The number of ether oxygens (including phenoxy) is 1. The van der Waals surface area contributed by atoms with Gasteiger partial charge in [0.1, 0.15) is 11.9 Å². The van der Waals surface area contributed by atoms with E-state index in [2.05, 4.69) is 20.0 Å². The quantitative estimate of drug-likeness (QED) is 0.713. The molecule has 0 amide bonds. The first-order chi connectivity index (χ1) is 7.19. The molecule has 1 aromatic heterocycles. The number of esters is 1. The van der Waals surface area contributed by atoms with Crippen LogP contribution in [-0.4, -0.2) is 29.1 Å². The number of hydrogen-bond acceptors (Lipinski definition) is 4. The second-order valence-electron chi connectivity index (χ2n) is 3.35. The number of carbonyl (C=O) groups is 1. The van der Waals surface area contributed by atoms with Gasteiger partial charge < -0.3 is 9.72 Å². The van der Waals surface area contributed by atoms with Crippen LogP contribution in [-0.2, 0) is 9.53 Å². The van der Waals surface area contributed by atoms with E-state index in [4.69, 9.17) is 0 Å². The van der Waals surface area contributed by atoms with E-state index >= 15 is 0 Å². The molecule has 15 heavy (non-hydrogen) atoms. The van der Waals surface area contributed by atoms with Crippen molar-refractivity contribution in [3.05, 3.63) is 18.2 Å². The summed E-state index contributed by atoms with van der Waals surface area (Å²) in [7, 11) is 1.39. The fourth-order valence-electron chi connectivity index (χ4n) is 1.39. The monoisotopic (exact) mass is 211 g/mol. The summed E-state index contributed by atoms with van der Waals surface area (Å²) in [5.74, 6) is 0.577. The lowest BCUT2D eigenvalue weighted by molar-refractivity contribution is -0.143. The molecule has 0 saturated carbocycles. The first-order valence-electron chi connectivity index (χ1n) is 5.02. The van der Waals surface area contributed by atoms with Crippen LogP contribution in [0.1, 0.15) is 32.1 Å². The third kappa shape index (κ3) is 3.06. The van der Waals surface area contributed by atoms with Crippen molar-refractivity contribution < 1.29 is 9.53 Å². The fraction of sp³-hybridized carbons (Fsp3) is 0.600. The van der Waals surface area contributed by atoms with Crippen LogP contribution in [0.15, 0.2) is 12.4 Å². The number of rotatable bonds is 5. The molecule has 2 N–H and O–H groups in total. The Kier molecular flexibility index (Phi) is 4.30. The molecule has 0 bridgehead atoms. The first-order valence-corrected chi connectivity index (χ1v) is 5.02. The van der Waals surface area contributed by atoms with Crippen molar-refractivity contribution in [1.82, 2.24) is 15.3 Å². The first kappa shape index (κ1) is 11.7. The van der Waals surface area contributed by atoms with Crippen molar-refractivity contribution in [2.24, 2.45) is 0 Å². The minimum absolute atomic E-state index is 0.00375. The molecule has 5 heteroatoms. The normalized spacial score (nSPS) is 14.6. The van der Waals surface area contributed by atoms with Crippen molar-refractivity contribution in [2.45, 2.75) is 32.4 Å². The summed E-state index contributed by atoms with van der Waals surface area (Å²) >= 11 is 0. The highest BCUT2D eigenvalue weighted by Gasteiger charge is 2.20. The van der Waals surface area contributed by atoms with Crippen LogP contribution >= 0.6 is 0 Å². The smallest absolute Gasteiger partial charge is 0.322 e. The maximum absolute atomic E-state index is 11.3. The van der Waals surface area contributed by atoms with Crippen molar-refractivity contribution in [2.75, 3.05) is 7.11 Å². The zero-order chi connectivity index (χ0) is 11.3. The Bertz CT molecular complexity index is 298. The van der Waals surface area contributed by atoms with E-state index in [-0.39, 0.29) is 18.1 Å². The number of H-pyrrole nitrogens is 1. The Morgan fingerprint density at radius 1 is 1.73 bits per heavy atom. The van der Waals surface area contributed by atoms with Gasteiger partial charge in [0.15, 0.2) is 0 Å². The highest BCUT2D eigenvalue weighted by Crippen LogP contribution is 2.08. The lowest BCUT2D eigenvalue weighted by Crippen LogP contribution is -2.38. The molecule has 0 aliphatic rings. The Morgan fingerprint density at radius 2 is 2.47 bits per heavy atom. The zero-order valence-corrected chi connectivity index (χ0v) is 9.28. The zero-order valence-electron chi connectivity index (χ0n) is 9.28. The molecule has 1 aromatic rings. The van der Waals surface area contributed by atoms with Gasteiger partial charge in [-0.3, -0.25) is 10.1 Å². The maximum atomic E-state index is 11.3. The second-order valence-corrected chi connectivity index (χ2v) is 3.35. The van der Waals surface area contributed by atoms with Gasteiger partial charge in [-0.2, -0.15) is 0 Å². The number of aromatic amines is 1. The highest BCUT2D eigenvalue weighted by atomic mass is 16.5. The van der Waals surface area contributed by atoms with Gasteiger partial charge in [0.25, 0.3) is 0 Å². The van der Waals surface area contributed by atoms with E-state index in [0.29, 0.717) is 6.42 Å². The third-order valence-electron chi connectivity index (χ3n) is 2.27. The summed E-state index contributed by atoms with van der Waals surface area (Å²) in [5, 5.41) is 3.15. The second kappa shape index (κ2) is 5.50. The molecule has 0 aromatic carbocycles. The van der Waals surface area contributed by atoms with Crippen LogP contribution in [0.4, 0.5) is 0 Å². The number of carbonyl (C=O) groups excluding carboxylic acids is 1. The van der Waals surface area contributed by atoms with Gasteiger partial charge in [0, 0.05) is 12.4 Å². The van der Waals surface area contributed by atoms with Crippen LogP contribution in [0.25, 0.3) is 0 Å². The Balaban J connectivity index is 2.56. The molecule has 0 aliphatic heterocycles. The molecule has 5 nitrogen and oxygen atoms in total. The van der Waals surface area contributed by atoms with Gasteiger partial charge in [-0.05, 0) is 13.3 Å². The number of methoxy groups -OCH3 is 1. The van der Waals surface area contributed by atoms with Crippen molar-refractivity contribution in [3.8, 4) is 0 Å². The van der Waals surface area contributed by atoms with Crippen molar-refractivity contribution in [1.29, 1.82) is 0 Å². The molecule has 0 spiro atoms. The lowest BCUT2D eigenvalue weighted by Gasteiger charge is -2.18. The van der Waals surface area contributed by atoms with Gasteiger partial charge in [-0.1, -0.05) is 6.92 Å². The van der Waals surface area contributed by atoms with E-state index in [9.17, 15) is 4.79 Å². The molecule has 84 valence electrons. The molecule has 0 radical (unpaired) electrons. The molecule has 1 heterocycles. The van der Waals surface area contributed by atoms with Gasteiger partial charge in [-0.25, -0.2) is 4.98 Å². The summed E-state index contributed by atoms with van der Waals surface area (Å²) in [6.07, 6.45) is 4.14. The number of nitrogens with one attached hydrogen (secondary N) is 2. The minimum Gasteiger partial charge on any atom is -0.468 e. The van der Waals surface area contributed by atoms with Crippen LogP contribution in [0.2, 0.25) is 0 Å². The molecule has 0 aliphatic carbocycles. The molecular formula is C10H17N3O2. The predicted octanol–water partition coefficient (Wildman–Crippen LogP) is 1.01. The fourth-order valence-corrected chi connectivity index (χ4v) is 1.39. The topological polar surface area (TPSA) is 67.0 Å². The van der Waals surface area contributed by atoms with Crippen LogP contribution in [0, 0.1) is 0 Å². The van der Waals surface area contributed by atoms with Gasteiger partial charge >= 0.3 is 5.97 Å². The van der Waals surface area contributed by atoms with Gasteiger partial charge in [0.05, 0.1) is 13.2 Å². The number of nitrogens with zero attached hydrogens (tertiary/aromatic N) is 1. The molecular weight excluding hydrogens is 194 g/mol. The summed E-state index contributed by atoms with van der Waals surface area (Å²) in [6.45, 7) is 3.88. The standard InChI is InChI=1S/C10H17N3O2/c1-4-8(10(14)15-3)13-7(2)9-11-5-6-12-9/h5-8,13H,4H2,1-3H3,(H,11,12). The summed E-state index contributed by atoms with van der Waals surface area (Å²) in [5.41, 5.74) is 0. The number of aromatic nitrogens is 2. The van der Waals surface area contributed by atoms with E-state index < -0.39 is 0 Å². The predicted molar refractivity (Wildman–Crippen MR) is 56.2 cm³/mol. The van der Waals surface area contributed by atoms with Crippen molar-refractivity contribution >= 4 is 5.97 Å². The largest absolute Gasteiger partial charge is 0.468 e. The summed E-state index contributed by atoms with van der Waals surface area (Å²) in [4.78, 5) is 18.4. The average molecular weight is 211 g/mol. The summed E-state index contributed by atoms with van der Waals surface area (Å²) < 4.78 is 4.69. The van der Waals surface area contributed by atoms with E-state index in [1.807, 2.05) is 13.8 Å². The SMILES string of the molecule is CCC(NC(C)c1ncc[nH]1)C(=O)OC. The van der Waals surface area contributed by atoms with E-state index in [0.717, 1.165) is 5.82 Å². The van der Waals surface area contributed by atoms with Crippen LogP contribution in [0.5, 0.6) is 0 Å².